The van der Waals surface area contributed by atoms with Gasteiger partial charge in [-0.05, 0) is 37.3 Å². The first-order valence-electron chi connectivity index (χ1n) is 6.75. The third kappa shape index (κ3) is 3.36. The number of aromatic nitrogens is 1. The van der Waals surface area contributed by atoms with Crippen LogP contribution in [0.2, 0.25) is 0 Å². The smallest absolute Gasteiger partial charge is 0.354 e. The normalized spacial score (nSPS) is 14.7. The molecule has 2 rings (SSSR count). The summed E-state index contributed by atoms with van der Waals surface area (Å²) in [5.41, 5.74) is 6.58. The summed E-state index contributed by atoms with van der Waals surface area (Å²) in [6.45, 7) is 5.23. The van der Waals surface area contributed by atoms with Crippen LogP contribution in [0, 0.1) is 5.92 Å². The summed E-state index contributed by atoms with van der Waals surface area (Å²) in [5.74, 6) is 0.217. The van der Waals surface area contributed by atoms with Gasteiger partial charge in [-0.25, -0.2) is 9.78 Å². The lowest BCUT2D eigenvalue weighted by Crippen LogP contribution is -2.30. The summed E-state index contributed by atoms with van der Waals surface area (Å²) in [6, 6.07) is 3.56. The summed E-state index contributed by atoms with van der Waals surface area (Å²) in [5, 5.41) is 9.03. The van der Waals surface area contributed by atoms with Gasteiger partial charge in [-0.2, -0.15) is 0 Å². The number of hydrogen-bond donors (Lipinski definition) is 2. The third-order valence-corrected chi connectivity index (χ3v) is 3.33. The zero-order valence-corrected chi connectivity index (χ0v) is 11.5. The van der Waals surface area contributed by atoms with Crippen molar-refractivity contribution in [3.05, 3.63) is 17.8 Å². The zero-order chi connectivity index (χ0) is 14.0. The van der Waals surface area contributed by atoms with Crippen LogP contribution < -0.4 is 10.6 Å². The first-order valence-corrected chi connectivity index (χ1v) is 6.75. The van der Waals surface area contributed by atoms with Crippen LogP contribution in [0.1, 0.15) is 43.6 Å². The van der Waals surface area contributed by atoms with Crippen LogP contribution in [-0.2, 0) is 0 Å². The molecule has 0 radical (unpaired) electrons. The average Bonchev–Trinajstić information content (AvgIpc) is 3.15. The molecule has 1 heterocycles. The van der Waals surface area contributed by atoms with E-state index in [-0.39, 0.29) is 5.69 Å². The van der Waals surface area contributed by atoms with Crippen molar-refractivity contribution in [2.24, 2.45) is 5.92 Å². The summed E-state index contributed by atoms with van der Waals surface area (Å²) in [4.78, 5) is 17.4. The number of carboxylic acids is 1. The second-order valence-electron chi connectivity index (χ2n) is 5.52. The van der Waals surface area contributed by atoms with Crippen LogP contribution in [0.3, 0.4) is 0 Å². The number of rotatable bonds is 6. The number of nitrogen functional groups attached to an aromatic ring is 1. The largest absolute Gasteiger partial charge is 0.477 e. The van der Waals surface area contributed by atoms with Gasteiger partial charge in [-0.1, -0.05) is 13.8 Å². The lowest BCUT2D eigenvalue weighted by atomic mass is 10.1. The summed E-state index contributed by atoms with van der Waals surface area (Å²) >= 11 is 0. The molecule has 19 heavy (non-hydrogen) atoms. The van der Waals surface area contributed by atoms with Crippen LogP contribution in [0.25, 0.3) is 0 Å². The molecule has 0 aliphatic heterocycles. The van der Waals surface area contributed by atoms with E-state index in [9.17, 15) is 4.79 Å². The van der Waals surface area contributed by atoms with Crippen molar-refractivity contribution in [3.8, 4) is 0 Å². The Morgan fingerprint density at radius 1 is 1.53 bits per heavy atom. The van der Waals surface area contributed by atoms with E-state index in [0.29, 0.717) is 23.5 Å². The van der Waals surface area contributed by atoms with Gasteiger partial charge < -0.3 is 15.7 Å². The average molecular weight is 263 g/mol. The van der Waals surface area contributed by atoms with Crippen molar-refractivity contribution in [1.29, 1.82) is 0 Å². The van der Waals surface area contributed by atoms with Crippen LogP contribution in [0.15, 0.2) is 12.1 Å². The molecule has 0 saturated heterocycles. The second kappa shape index (κ2) is 5.47. The van der Waals surface area contributed by atoms with Crippen LogP contribution in [0.4, 0.5) is 11.5 Å². The molecule has 5 heteroatoms. The number of aromatic carboxylic acids is 1. The molecule has 1 fully saturated rings. The monoisotopic (exact) mass is 263 g/mol. The zero-order valence-electron chi connectivity index (χ0n) is 11.5. The number of carboxylic acid groups (broad SMARTS) is 1. The molecule has 1 aromatic rings. The van der Waals surface area contributed by atoms with E-state index >= 15 is 0 Å². The van der Waals surface area contributed by atoms with E-state index in [2.05, 4.69) is 23.7 Å². The van der Waals surface area contributed by atoms with E-state index in [4.69, 9.17) is 10.8 Å². The maximum Gasteiger partial charge on any atom is 0.354 e. The van der Waals surface area contributed by atoms with E-state index in [1.54, 1.807) is 6.07 Å². The van der Waals surface area contributed by atoms with Crippen molar-refractivity contribution in [2.75, 3.05) is 17.2 Å². The third-order valence-electron chi connectivity index (χ3n) is 3.33. The van der Waals surface area contributed by atoms with Gasteiger partial charge in [0.15, 0.2) is 11.5 Å². The molecule has 5 nitrogen and oxygen atoms in total. The van der Waals surface area contributed by atoms with Crippen molar-refractivity contribution in [1.82, 2.24) is 4.98 Å². The molecule has 0 aromatic carbocycles. The topological polar surface area (TPSA) is 79.5 Å². The lowest BCUT2D eigenvalue weighted by molar-refractivity contribution is 0.0690. The standard InChI is InChI=1S/C14H21N3O2/c1-9(2)7-8-17(10-3-4-10)13-11(15)5-6-12(16-13)14(18)19/h5-6,9-10H,3-4,7-8,15H2,1-2H3,(H,18,19). The molecule has 0 amide bonds. The van der Waals surface area contributed by atoms with Gasteiger partial charge >= 0.3 is 5.97 Å². The van der Waals surface area contributed by atoms with E-state index in [1.165, 1.54) is 6.07 Å². The van der Waals surface area contributed by atoms with Gasteiger partial charge in [0.25, 0.3) is 0 Å². The summed E-state index contributed by atoms with van der Waals surface area (Å²) in [7, 11) is 0. The van der Waals surface area contributed by atoms with E-state index in [0.717, 1.165) is 25.8 Å². The maximum absolute atomic E-state index is 11.0. The molecule has 1 aliphatic rings. The molecular formula is C14H21N3O2. The predicted octanol–water partition coefficient (Wildman–Crippen LogP) is 2.38. The summed E-state index contributed by atoms with van der Waals surface area (Å²) < 4.78 is 0. The Hall–Kier alpha value is -1.78. The fraction of sp³-hybridized carbons (Fsp3) is 0.571. The number of hydrogen-bond acceptors (Lipinski definition) is 4. The fourth-order valence-corrected chi connectivity index (χ4v) is 2.05. The molecule has 0 spiro atoms. The Labute approximate surface area is 113 Å². The second-order valence-corrected chi connectivity index (χ2v) is 5.52. The fourth-order valence-electron chi connectivity index (χ4n) is 2.05. The van der Waals surface area contributed by atoms with E-state index < -0.39 is 5.97 Å². The highest BCUT2D eigenvalue weighted by Crippen LogP contribution is 2.34. The molecular weight excluding hydrogens is 242 g/mol. The van der Waals surface area contributed by atoms with Gasteiger partial charge in [0.1, 0.15) is 0 Å². The predicted molar refractivity (Wildman–Crippen MR) is 75.4 cm³/mol. The number of carbonyl (C=O) groups is 1. The minimum absolute atomic E-state index is 0.0550. The van der Waals surface area contributed by atoms with Crippen LogP contribution in [0.5, 0.6) is 0 Å². The quantitative estimate of drug-likeness (QED) is 0.823. The highest BCUT2D eigenvalue weighted by molar-refractivity contribution is 5.87. The maximum atomic E-state index is 11.0. The minimum Gasteiger partial charge on any atom is -0.477 e. The molecule has 0 unspecified atom stereocenters. The first kappa shape index (κ1) is 13.6. The Morgan fingerprint density at radius 3 is 2.74 bits per heavy atom. The molecule has 3 N–H and O–H groups in total. The first-order chi connectivity index (χ1) is 8.99. The summed E-state index contributed by atoms with van der Waals surface area (Å²) in [6.07, 6.45) is 3.32. The Morgan fingerprint density at radius 2 is 2.21 bits per heavy atom. The SMILES string of the molecule is CC(C)CCN(c1nc(C(=O)O)ccc1N)C1CC1. The number of nitrogens with zero attached hydrogens (tertiary/aromatic N) is 2. The van der Waals surface area contributed by atoms with Crippen molar-refractivity contribution >= 4 is 17.5 Å². The molecule has 0 bridgehead atoms. The van der Waals surface area contributed by atoms with Gasteiger partial charge in [0, 0.05) is 12.6 Å². The van der Waals surface area contributed by atoms with Gasteiger partial charge in [-0.15, -0.1) is 0 Å². The van der Waals surface area contributed by atoms with Crippen LogP contribution >= 0.6 is 0 Å². The number of anilines is 2. The van der Waals surface area contributed by atoms with Gasteiger partial charge in [-0.3, -0.25) is 0 Å². The van der Waals surface area contributed by atoms with Crippen molar-refractivity contribution in [2.45, 2.75) is 39.2 Å². The van der Waals surface area contributed by atoms with Gasteiger partial charge in [0.05, 0.1) is 5.69 Å². The lowest BCUT2D eigenvalue weighted by Gasteiger charge is -2.25. The Balaban J connectivity index is 2.24. The van der Waals surface area contributed by atoms with Crippen LogP contribution in [-0.4, -0.2) is 28.6 Å². The van der Waals surface area contributed by atoms with E-state index in [1.807, 2.05) is 0 Å². The van der Waals surface area contributed by atoms with Crippen molar-refractivity contribution < 1.29 is 9.90 Å². The molecule has 0 atom stereocenters. The minimum atomic E-state index is -1.01. The molecule has 1 aliphatic carbocycles. The molecule has 1 saturated carbocycles. The Bertz CT molecular complexity index is 470. The molecule has 1 aromatic heterocycles. The van der Waals surface area contributed by atoms with Crippen molar-refractivity contribution in [3.63, 3.8) is 0 Å². The highest BCUT2D eigenvalue weighted by atomic mass is 16.4. The molecule has 104 valence electrons. The van der Waals surface area contributed by atoms with Gasteiger partial charge in [0.2, 0.25) is 0 Å². The number of pyridine rings is 1. The number of nitrogens with two attached hydrogens (primary N) is 1. The highest BCUT2D eigenvalue weighted by Gasteiger charge is 2.31. The Kier molecular flexibility index (Phi) is 3.93.